The smallest absolute Gasteiger partial charge is 0.262 e. The van der Waals surface area contributed by atoms with Gasteiger partial charge in [0.2, 0.25) is 15.9 Å². The van der Waals surface area contributed by atoms with E-state index in [9.17, 15) is 18.0 Å². The minimum Gasteiger partial charge on any atom is -0.495 e. The Labute approximate surface area is 190 Å². The lowest BCUT2D eigenvalue weighted by atomic mass is 10.2. The van der Waals surface area contributed by atoms with Gasteiger partial charge in [0, 0.05) is 18.3 Å². The molecule has 2 aromatic carbocycles. The molecule has 11 heteroatoms. The number of methoxy groups -OCH3 is 1. The largest absolute Gasteiger partial charge is 0.495 e. The van der Waals surface area contributed by atoms with Crippen molar-refractivity contribution >= 4 is 44.8 Å². The van der Waals surface area contributed by atoms with Crippen LogP contribution in [0.1, 0.15) is 18.4 Å². The number of rotatable bonds is 5. The molecule has 9 nitrogen and oxygen atoms in total. The number of nitrogens with one attached hydrogen (secondary N) is 2. The summed E-state index contributed by atoms with van der Waals surface area (Å²) in [4.78, 5) is 24.5. The fourth-order valence-corrected chi connectivity index (χ4v) is 6.02. The number of fused-ring (bicyclic) bond motifs is 1. The summed E-state index contributed by atoms with van der Waals surface area (Å²) in [5.74, 6) is 0.00623. The predicted molar refractivity (Wildman–Crippen MR) is 119 cm³/mol. The van der Waals surface area contributed by atoms with Crippen molar-refractivity contribution in [3.05, 3.63) is 40.9 Å². The Kier molecular flexibility index (Phi) is 6.02. The lowest BCUT2D eigenvalue weighted by Gasteiger charge is -2.26. The van der Waals surface area contributed by atoms with Crippen LogP contribution in [0.2, 0.25) is 5.02 Å². The van der Waals surface area contributed by atoms with Crippen LogP contribution in [-0.2, 0) is 19.6 Å². The second-order valence-corrected chi connectivity index (χ2v) is 9.83. The van der Waals surface area contributed by atoms with Crippen molar-refractivity contribution in [2.24, 2.45) is 0 Å². The van der Waals surface area contributed by atoms with E-state index in [1.165, 1.54) is 17.5 Å². The summed E-state index contributed by atoms with van der Waals surface area (Å²) < 4.78 is 38.6. The molecule has 2 aliphatic rings. The quantitative estimate of drug-likeness (QED) is 0.681. The van der Waals surface area contributed by atoms with Gasteiger partial charge in [0.1, 0.15) is 17.5 Å². The van der Waals surface area contributed by atoms with Crippen molar-refractivity contribution in [2.45, 2.75) is 30.7 Å². The van der Waals surface area contributed by atoms with Gasteiger partial charge in [-0.25, -0.2) is 8.42 Å². The number of carbonyl (C=O) groups excluding carboxylic acids is 2. The van der Waals surface area contributed by atoms with E-state index in [-0.39, 0.29) is 29.7 Å². The highest BCUT2D eigenvalue weighted by atomic mass is 35.5. The normalized spacial score (nSPS) is 18.5. The number of sulfonamides is 1. The third-order valence-corrected chi connectivity index (χ3v) is 7.77. The van der Waals surface area contributed by atoms with Crippen molar-refractivity contribution in [3.8, 4) is 11.5 Å². The van der Waals surface area contributed by atoms with Crippen molar-refractivity contribution < 1.29 is 27.5 Å². The van der Waals surface area contributed by atoms with Crippen LogP contribution in [0.3, 0.4) is 0 Å². The molecule has 0 spiro atoms. The Morgan fingerprint density at radius 2 is 2.09 bits per heavy atom. The maximum atomic E-state index is 13.5. The molecule has 170 valence electrons. The van der Waals surface area contributed by atoms with Crippen LogP contribution in [-0.4, -0.2) is 50.8 Å². The van der Waals surface area contributed by atoms with Crippen molar-refractivity contribution in [1.82, 2.24) is 4.31 Å². The zero-order valence-electron chi connectivity index (χ0n) is 17.5. The molecular weight excluding hydrogens is 458 g/mol. The molecule has 32 heavy (non-hydrogen) atoms. The molecule has 2 aliphatic heterocycles. The second-order valence-electron chi connectivity index (χ2n) is 7.56. The molecule has 1 saturated heterocycles. The van der Waals surface area contributed by atoms with Gasteiger partial charge in [0.25, 0.3) is 5.91 Å². The molecule has 1 unspecified atom stereocenters. The van der Waals surface area contributed by atoms with Gasteiger partial charge in [0.05, 0.1) is 22.7 Å². The maximum Gasteiger partial charge on any atom is 0.262 e. The fourth-order valence-electron chi connectivity index (χ4n) is 3.88. The summed E-state index contributed by atoms with van der Waals surface area (Å²) in [6.07, 6.45) is 0.947. The third-order valence-electron chi connectivity index (χ3n) is 5.42. The number of benzene rings is 2. The molecule has 2 aromatic rings. The molecule has 2 N–H and O–H groups in total. The minimum atomic E-state index is -3.99. The van der Waals surface area contributed by atoms with Crippen LogP contribution in [0.15, 0.2) is 35.2 Å². The second kappa shape index (κ2) is 8.61. The number of carbonyl (C=O) groups is 2. The van der Waals surface area contributed by atoms with Crippen LogP contribution in [0.5, 0.6) is 11.5 Å². The molecule has 1 fully saturated rings. The number of hydrogen-bond acceptors (Lipinski definition) is 6. The molecule has 0 radical (unpaired) electrons. The molecule has 0 saturated carbocycles. The number of nitrogens with zero attached hydrogens (tertiary/aromatic N) is 1. The van der Waals surface area contributed by atoms with Crippen molar-refractivity contribution in [3.63, 3.8) is 0 Å². The van der Waals surface area contributed by atoms with E-state index in [1.54, 1.807) is 31.2 Å². The van der Waals surface area contributed by atoms with Crippen LogP contribution < -0.4 is 20.1 Å². The Bertz CT molecular complexity index is 1200. The average molecular weight is 480 g/mol. The van der Waals surface area contributed by atoms with E-state index in [2.05, 4.69) is 10.6 Å². The zero-order valence-corrected chi connectivity index (χ0v) is 19.0. The number of ether oxygens (including phenoxy) is 2. The first-order valence-corrected chi connectivity index (χ1v) is 11.8. The standard InChI is InChI=1S/C21H22ClN3O6S/c1-12-8-15-18(31-11-20(26)24-15)10-19(12)32(28,29)25-7-3-4-16(25)21(27)23-13-5-6-17(30-2)14(22)9-13/h5-6,8-10,16H,3-4,7,11H2,1-2H3,(H,23,27)(H,24,26). The van der Waals surface area contributed by atoms with Gasteiger partial charge in [0.15, 0.2) is 6.61 Å². The summed E-state index contributed by atoms with van der Waals surface area (Å²) in [5, 5.41) is 5.73. The van der Waals surface area contributed by atoms with E-state index < -0.39 is 22.0 Å². The predicted octanol–water partition coefficient (Wildman–Crippen LogP) is 2.78. The van der Waals surface area contributed by atoms with E-state index in [0.29, 0.717) is 40.6 Å². The first-order valence-electron chi connectivity index (χ1n) is 9.94. The minimum absolute atomic E-state index is 0.0413. The average Bonchev–Trinajstić information content (AvgIpc) is 3.24. The summed E-state index contributed by atoms with van der Waals surface area (Å²) in [6, 6.07) is 6.90. The van der Waals surface area contributed by atoms with Gasteiger partial charge >= 0.3 is 0 Å². The van der Waals surface area contributed by atoms with E-state index in [4.69, 9.17) is 21.1 Å². The Morgan fingerprint density at radius 1 is 1.31 bits per heavy atom. The first kappa shape index (κ1) is 22.4. The van der Waals surface area contributed by atoms with Crippen molar-refractivity contribution in [2.75, 3.05) is 30.9 Å². The summed E-state index contributed by atoms with van der Waals surface area (Å²) >= 11 is 6.12. The Hall–Kier alpha value is -2.82. The third kappa shape index (κ3) is 4.13. The molecule has 4 rings (SSSR count). The number of halogens is 1. The van der Waals surface area contributed by atoms with Crippen LogP contribution in [0.4, 0.5) is 11.4 Å². The highest BCUT2D eigenvalue weighted by molar-refractivity contribution is 7.89. The molecule has 0 aliphatic carbocycles. The van der Waals surface area contributed by atoms with Gasteiger partial charge in [-0.15, -0.1) is 0 Å². The topological polar surface area (TPSA) is 114 Å². The molecule has 2 heterocycles. The summed E-state index contributed by atoms with van der Waals surface area (Å²) in [7, 11) is -2.50. The summed E-state index contributed by atoms with van der Waals surface area (Å²) in [6.45, 7) is 1.67. The molecule has 0 bridgehead atoms. The molecule has 0 aromatic heterocycles. The lowest BCUT2D eigenvalue weighted by molar-refractivity contribution is -0.119. The highest BCUT2D eigenvalue weighted by Crippen LogP contribution is 2.36. The van der Waals surface area contributed by atoms with E-state index >= 15 is 0 Å². The SMILES string of the molecule is COc1ccc(NC(=O)C2CCCN2S(=O)(=O)c2cc3c(cc2C)NC(=O)CO3)cc1Cl. The van der Waals surface area contributed by atoms with Gasteiger partial charge in [-0.2, -0.15) is 4.31 Å². The van der Waals surface area contributed by atoms with Crippen LogP contribution in [0.25, 0.3) is 0 Å². The number of amides is 2. The van der Waals surface area contributed by atoms with Gasteiger partial charge in [-0.3, -0.25) is 9.59 Å². The first-order chi connectivity index (χ1) is 15.2. The maximum absolute atomic E-state index is 13.5. The summed E-state index contributed by atoms with van der Waals surface area (Å²) in [5.41, 5.74) is 1.31. The van der Waals surface area contributed by atoms with Gasteiger partial charge in [-0.1, -0.05) is 11.6 Å². The molecule has 1 atom stereocenters. The van der Waals surface area contributed by atoms with Crippen LogP contribution in [0, 0.1) is 6.92 Å². The van der Waals surface area contributed by atoms with Gasteiger partial charge in [-0.05, 0) is 49.6 Å². The zero-order chi connectivity index (χ0) is 23.0. The highest BCUT2D eigenvalue weighted by Gasteiger charge is 2.40. The lowest BCUT2D eigenvalue weighted by Crippen LogP contribution is -2.43. The molecule has 2 amide bonds. The number of hydrogen-bond donors (Lipinski definition) is 2. The Morgan fingerprint density at radius 3 is 2.81 bits per heavy atom. The fraction of sp³-hybridized carbons (Fsp3) is 0.333. The van der Waals surface area contributed by atoms with Crippen LogP contribution >= 0.6 is 11.6 Å². The van der Waals surface area contributed by atoms with E-state index in [1.807, 2.05) is 0 Å². The number of aryl methyl sites for hydroxylation is 1. The molecular formula is C21H22ClN3O6S. The Balaban J connectivity index is 1.59. The van der Waals surface area contributed by atoms with Gasteiger partial charge < -0.3 is 20.1 Å². The van der Waals surface area contributed by atoms with Crippen molar-refractivity contribution in [1.29, 1.82) is 0 Å². The number of anilines is 2. The van der Waals surface area contributed by atoms with E-state index in [0.717, 1.165) is 0 Å². The monoisotopic (exact) mass is 479 g/mol.